The second-order valence-electron chi connectivity index (χ2n) is 5.63. The molecule has 1 atom stereocenters. The van der Waals surface area contributed by atoms with Crippen molar-refractivity contribution in [1.29, 1.82) is 5.26 Å². The molecule has 1 aromatic carbocycles. The van der Waals surface area contributed by atoms with Crippen molar-refractivity contribution in [2.24, 2.45) is 17.6 Å². The minimum atomic E-state index is -0.0423. The predicted octanol–water partition coefficient (Wildman–Crippen LogP) is 2.82. The summed E-state index contributed by atoms with van der Waals surface area (Å²) in [5.41, 5.74) is 7.91. The largest absolute Gasteiger partial charge is 0.330 e. The Hall–Kier alpha value is -1.86. The summed E-state index contributed by atoms with van der Waals surface area (Å²) >= 11 is 0. The highest BCUT2D eigenvalue weighted by Crippen LogP contribution is 2.19. The fourth-order valence-electron chi connectivity index (χ4n) is 2.22. The van der Waals surface area contributed by atoms with Crippen LogP contribution in [0.4, 0.5) is 5.69 Å². The van der Waals surface area contributed by atoms with Crippen LogP contribution in [-0.2, 0) is 4.79 Å². The Morgan fingerprint density at radius 3 is 2.70 bits per heavy atom. The fourth-order valence-corrected chi connectivity index (χ4v) is 2.22. The number of hydrogen-bond donors (Lipinski definition) is 2. The third-order valence-corrected chi connectivity index (χ3v) is 3.25. The smallest absolute Gasteiger partial charge is 0.224 e. The Labute approximate surface area is 121 Å². The van der Waals surface area contributed by atoms with Gasteiger partial charge in [-0.15, -0.1) is 0 Å². The van der Waals surface area contributed by atoms with Crippen LogP contribution in [0.3, 0.4) is 0 Å². The molecule has 4 heteroatoms. The van der Waals surface area contributed by atoms with Crippen LogP contribution in [0.2, 0.25) is 0 Å². The molecule has 0 aliphatic carbocycles. The van der Waals surface area contributed by atoms with Gasteiger partial charge in [0.25, 0.3) is 0 Å². The van der Waals surface area contributed by atoms with Gasteiger partial charge in [-0.2, -0.15) is 5.26 Å². The molecule has 0 saturated heterocycles. The molecule has 4 nitrogen and oxygen atoms in total. The van der Waals surface area contributed by atoms with Gasteiger partial charge in [-0.3, -0.25) is 4.79 Å². The quantitative estimate of drug-likeness (QED) is 0.836. The van der Waals surface area contributed by atoms with Crippen molar-refractivity contribution in [3.63, 3.8) is 0 Å². The van der Waals surface area contributed by atoms with Gasteiger partial charge in [-0.1, -0.05) is 19.9 Å². The molecule has 0 bridgehead atoms. The lowest BCUT2D eigenvalue weighted by Crippen LogP contribution is -2.23. The molecule has 1 amide bonds. The summed E-state index contributed by atoms with van der Waals surface area (Å²) in [6.07, 6.45) is 1.37. The van der Waals surface area contributed by atoms with Gasteiger partial charge in [-0.05, 0) is 49.4 Å². The lowest BCUT2D eigenvalue weighted by molar-refractivity contribution is -0.117. The summed E-state index contributed by atoms with van der Waals surface area (Å²) in [6, 6.07) is 7.35. The van der Waals surface area contributed by atoms with E-state index in [1.807, 2.05) is 13.0 Å². The zero-order valence-electron chi connectivity index (χ0n) is 12.4. The van der Waals surface area contributed by atoms with Crippen molar-refractivity contribution in [3.8, 4) is 6.07 Å². The minimum absolute atomic E-state index is 0.0423. The zero-order valence-corrected chi connectivity index (χ0v) is 12.4. The van der Waals surface area contributed by atoms with Crippen LogP contribution >= 0.6 is 0 Å². The van der Waals surface area contributed by atoms with Crippen LogP contribution in [-0.4, -0.2) is 12.5 Å². The molecular weight excluding hydrogens is 250 g/mol. The Balaban J connectivity index is 2.68. The van der Waals surface area contributed by atoms with Crippen LogP contribution in [0.25, 0.3) is 0 Å². The number of aryl methyl sites for hydroxylation is 1. The Kier molecular flexibility index (Phi) is 6.20. The first-order valence-corrected chi connectivity index (χ1v) is 6.97. The number of carbonyl (C=O) groups is 1. The van der Waals surface area contributed by atoms with E-state index in [4.69, 9.17) is 11.0 Å². The molecule has 1 rings (SSSR count). The van der Waals surface area contributed by atoms with E-state index in [0.717, 1.165) is 12.0 Å². The van der Waals surface area contributed by atoms with Gasteiger partial charge in [0, 0.05) is 12.1 Å². The minimum Gasteiger partial charge on any atom is -0.330 e. The summed E-state index contributed by atoms with van der Waals surface area (Å²) in [7, 11) is 0. The topological polar surface area (TPSA) is 78.9 Å². The van der Waals surface area contributed by atoms with Crippen molar-refractivity contribution in [3.05, 3.63) is 29.3 Å². The van der Waals surface area contributed by atoms with Gasteiger partial charge in [0.2, 0.25) is 5.91 Å². The number of hydrogen-bond acceptors (Lipinski definition) is 3. The molecule has 0 radical (unpaired) electrons. The first kappa shape index (κ1) is 16.2. The summed E-state index contributed by atoms with van der Waals surface area (Å²) < 4.78 is 0. The standard InChI is InChI=1S/C16H23N3O/c1-11(2)6-14(10-18)8-16(20)19-15-7-13(9-17)5-4-12(15)3/h4-5,7,11,14H,6,8,10,18H2,1-3H3,(H,19,20). The first-order valence-electron chi connectivity index (χ1n) is 6.97. The highest BCUT2D eigenvalue weighted by molar-refractivity contribution is 5.91. The van der Waals surface area contributed by atoms with Crippen LogP contribution < -0.4 is 11.1 Å². The molecule has 0 aliphatic heterocycles. The summed E-state index contributed by atoms with van der Waals surface area (Å²) in [5, 5.41) is 11.8. The molecule has 1 aromatic rings. The third-order valence-electron chi connectivity index (χ3n) is 3.25. The van der Waals surface area contributed by atoms with E-state index < -0.39 is 0 Å². The van der Waals surface area contributed by atoms with Crippen molar-refractivity contribution in [1.82, 2.24) is 0 Å². The maximum absolute atomic E-state index is 12.1. The van der Waals surface area contributed by atoms with Crippen LogP contribution in [0.5, 0.6) is 0 Å². The summed E-state index contributed by atoms with van der Waals surface area (Å²) in [6.45, 7) is 6.68. The van der Waals surface area contributed by atoms with Gasteiger partial charge >= 0.3 is 0 Å². The summed E-state index contributed by atoms with van der Waals surface area (Å²) in [4.78, 5) is 12.1. The summed E-state index contributed by atoms with van der Waals surface area (Å²) in [5.74, 6) is 0.689. The van der Waals surface area contributed by atoms with E-state index in [1.165, 1.54) is 0 Å². The molecule has 3 N–H and O–H groups in total. The average molecular weight is 273 g/mol. The molecule has 1 unspecified atom stereocenters. The number of nitrogens with two attached hydrogens (primary N) is 1. The normalized spacial score (nSPS) is 12.0. The maximum atomic E-state index is 12.1. The molecule has 0 aliphatic rings. The third kappa shape index (κ3) is 5.02. The Morgan fingerprint density at radius 2 is 2.15 bits per heavy atom. The van der Waals surface area contributed by atoms with Crippen LogP contribution in [0.1, 0.15) is 37.8 Å². The van der Waals surface area contributed by atoms with Gasteiger partial charge in [0.05, 0.1) is 11.6 Å². The average Bonchev–Trinajstić information content (AvgIpc) is 2.40. The number of benzene rings is 1. The molecule has 0 saturated carbocycles. The van der Waals surface area contributed by atoms with Gasteiger partial charge in [0.1, 0.15) is 0 Å². The fraction of sp³-hybridized carbons (Fsp3) is 0.500. The maximum Gasteiger partial charge on any atom is 0.224 e. The van der Waals surface area contributed by atoms with Crippen molar-refractivity contribution in [2.75, 3.05) is 11.9 Å². The van der Waals surface area contributed by atoms with Crippen molar-refractivity contribution in [2.45, 2.75) is 33.6 Å². The van der Waals surface area contributed by atoms with Crippen molar-refractivity contribution < 1.29 is 4.79 Å². The van der Waals surface area contributed by atoms with Gasteiger partial charge in [0.15, 0.2) is 0 Å². The van der Waals surface area contributed by atoms with E-state index >= 15 is 0 Å². The van der Waals surface area contributed by atoms with E-state index in [0.29, 0.717) is 30.1 Å². The molecule has 0 spiro atoms. The molecule has 0 fully saturated rings. The van der Waals surface area contributed by atoms with E-state index in [1.54, 1.807) is 12.1 Å². The predicted molar refractivity (Wildman–Crippen MR) is 81.1 cm³/mol. The van der Waals surface area contributed by atoms with Gasteiger partial charge < -0.3 is 11.1 Å². The highest BCUT2D eigenvalue weighted by Gasteiger charge is 2.15. The van der Waals surface area contributed by atoms with E-state index in [2.05, 4.69) is 25.2 Å². The number of nitrogens with one attached hydrogen (secondary N) is 1. The van der Waals surface area contributed by atoms with E-state index in [-0.39, 0.29) is 11.8 Å². The second-order valence-corrected chi connectivity index (χ2v) is 5.63. The van der Waals surface area contributed by atoms with Crippen LogP contribution in [0, 0.1) is 30.1 Å². The molecule has 0 aromatic heterocycles. The molecule has 20 heavy (non-hydrogen) atoms. The molecular formula is C16H23N3O. The Bertz CT molecular complexity index is 503. The monoisotopic (exact) mass is 273 g/mol. The molecule has 108 valence electrons. The zero-order chi connectivity index (χ0) is 15.1. The number of anilines is 1. The number of nitrogens with zero attached hydrogens (tertiary/aromatic N) is 1. The number of amides is 1. The lowest BCUT2D eigenvalue weighted by atomic mass is 9.94. The van der Waals surface area contributed by atoms with Crippen LogP contribution in [0.15, 0.2) is 18.2 Å². The lowest BCUT2D eigenvalue weighted by Gasteiger charge is -2.17. The van der Waals surface area contributed by atoms with E-state index in [9.17, 15) is 4.79 Å². The number of nitriles is 1. The van der Waals surface area contributed by atoms with Gasteiger partial charge in [-0.25, -0.2) is 0 Å². The SMILES string of the molecule is Cc1ccc(C#N)cc1NC(=O)CC(CN)CC(C)C. The van der Waals surface area contributed by atoms with Crippen molar-refractivity contribution >= 4 is 11.6 Å². The number of rotatable bonds is 6. The molecule has 0 heterocycles. The highest BCUT2D eigenvalue weighted by atomic mass is 16.1. The number of carbonyl (C=O) groups excluding carboxylic acids is 1. The first-order chi connectivity index (χ1) is 9.46. The Morgan fingerprint density at radius 1 is 1.45 bits per heavy atom. The second kappa shape index (κ2) is 7.66.